The van der Waals surface area contributed by atoms with Gasteiger partial charge in [0, 0.05) is 0 Å². The fourth-order valence-corrected chi connectivity index (χ4v) is 0.523. The molecular formula is C4H7NO4S. The van der Waals surface area contributed by atoms with Gasteiger partial charge < -0.3 is 0 Å². The minimum Gasteiger partial charge on any atom is -0.285 e. The van der Waals surface area contributed by atoms with Crippen LogP contribution in [0.3, 0.4) is 0 Å². The van der Waals surface area contributed by atoms with Crippen molar-refractivity contribution < 1.29 is 17.8 Å². The Morgan fingerprint density at radius 3 is 2.50 bits per heavy atom. The molecule has 0 amide bonds. The zero-order valence-electron chi connectivity index (χ0n) is 5.31. The van der Waals surface area contributed by atoms with Crippen LogP contribution in [0.1, 0.15) is 6.92 Å². The van der Waals surface area contributed by atoms with Gasteiger partial charge in [0.2, 0.25) is 6.08 Å². The first kappa shape index (κ1) is 9.29. The van der Waals surface area contributed by atoms with Gasteiger partial charge >= 0.3 is 0 Å². The first-order chi connectivity index (χ1) is 4.48. The van der Waals surface area contributed by atoms with E-state index < -0.39 is 15.4 Å². The third-order valence-corrected chi connectivity index (χ3v) is 2.09. The van der Waals surface area contributed by atoms with E-state index in [9.17, 15) is 13.2 Å². The fourth-order valence-electron chi connectivity index (χ4n) is 0.260. The summed E-state index contributed by atoms with van der Waals surface area (Å²) in [6.07, 6.45) is 1.17. The number of rotatable bonds is 3. The second kappa shape index (κ2) is 3.46. The van der Waals surface area contributed by atoms with Crippen molar-refractivity contribution in [3.05, 3.63) is 0 Å². The summed E-state index contributed by atoms with van der Waals surface area (Å²) in [6.45, 7) is 0.999. The second-order valence-electron chi connectivity index (χ2n) is 1.76. The maximum atomic E-state index is 10.2. The van der Waals surface area contributed by atoms with Crippen molar-refractivity contribution in [2.24, 2.45) is 4.99 Å². The van der Waals surface area contributed by atoms with E-state index >= 15 is 0 Å². The molecule has 10 heavy (non-hydrogen) atoms. The lowest BCUT2D eigenvalue weighted by Crippen LogP contribution is -2.19. The zero-order chi connectivity index (χ0) is 8.20. The van der Waals surface area contributed by atoms with Crippen molar-refractivity contribution >= 4 is 16.2 Å². The lowest BCUT2D eigenvalue weighted by Gasteiger charge is -2.00. The van der Waals surface area contributed by atoms with Gasteiger partial charge in [-0.25, -0.2) is 9.79 Å². The molecular weight excluding hydrogens is 158 g/mol. The van der Waals surface area contributed by atoms with Gasteiger partial charge in [-0.05, 0) is 6.92 Å². The molecule has 1 N–H and O–H groups in total. The molecule has 0 heterocycles. The van der Waals surface area contributed by atoms with Gasteiger partial charge in [0.05, 0.1) is 6.54 Å². The van der Waals surface area contributed by atoms with E-state index in [-0.39, 0.29) is 6.54 Å². The molecule has 0 rings (SSSR count). The molecule has 5 nitrogen and oxygen atoms in total. The summed E-state index contributed by atoms with van der Waals surface area (Å²) in [7, 11) is -4.05. The number of isocyanates is 1. The third kappa shape index (κ3) is 3.34. The highest BCUT2D eigenvalue weighted by atomic mass is 32.2. The largest absolute Gasteiger partial charge is 0.285 e. The molecule has 0 aliphatic carbocycles. The van der Waals surface area contributed by atoms with Gasteiger partial charge in [-0.3, -0.25) is 4.55 Å². The monoisotopic (exact) mass is 165 g/mol. The lowest BCUT2D eigenvalue weighted by atomic mass is 10.5. The predicted octanol–water partition coefficient (Wildman–Crippen LogP) is -0.402. The Kier molecular flexibility index (Phi) is 3.21. The van der Waals surface area contributed by atoms with Crippen LogP contribution in [0.15, 0.2) is 4.99 Å². The summed E-state index contributed by atoms with van der Waals surface area (Å²) in [5.41, 5.74) is 0. The second-order valence-corrected chi connectivity index (χ2v) is 3.59. The van der Waals surface area contributed by atoms with E-state index in [1.807, 2.05) is 0 Å². The number of nitrogens with zero attached hydrogens (tertiary/aromatic N) is 1. The van der Waals surface area contributed by atoms with Crippen LogP contribution in [0.4, 0.5) is 0 Å². The molecule has 0 aliphatic rings. The molecule has 0 saturated heterocycles. The first-order valence-corrected chi connectivity index (χ1v) is 3.98. The van der Waals surface area contributed by atoms with E-state index in [1.165, 1.54) is 13.0 Å². The van der Waals surface area contributed by atoms with Crippen LogP contribution >= 0.6 is 0 Å². The maximum absolute atomic E-state index is 10.2. The van der Waals surface area contributed by atoms with Crippen molar-refractivity contribution in [3.63, 3.8) is 0 Å². The molecule has 0 aliphatic heterocycles. The summed E-state index contributed by atoms with van der Waals surface area (Å²) < 4.78 is 28.7. The highest BCUT2D eigenvalue weighted by Crippen LogP contribution is 1.96. The van der Waals surface area contributed by atoms with Crippen LogP contribution in [0.25, 0.3) is 0 Å². The molecule has 0 aromatic heterocycles. The Hall–Kier alpha value is -0.710. The zero-order valence-corrected chi connectivity index (χ0v) is 6.13. The average molecular weight is 165 g/mol. The molecule has 0 aromatic rings. The molecule has 0 fully saturated rings. The van der Waals surface area contributed by atoms with Gasteiger partial charge in [0.1, 0.15) is 5.25 Å². The first-order valence-electron chi connectivity index (χ1n) is 2.48. The molecule has 58 valence electrons. The van der Waals surface area contributed by atoms with E-state index in [0.717, 1.165) is 0 Å². The topological polar surface area (TPSA) is 83.8 Å². The fraction of sp³-hybridized carbons (Fsp3) is 0.750. The van der Waals surface area contributed by atoms with E-state index in [2.05, 4.69) is 4.99 Å². The normalized spacial score (nSPS) is 13.8. The van der Waals surface area contributed by atoms with Crippen LogP contribution in [-0.4, -0.2) is 30.8 Å². The molecule has 0 aromatic carbocycles. The van der Waals surface area contributed by atoms with E-state index in [1.54, 1.807) is 0 Å². The third-order valence-electron chi connectivity index (χ3n) is 0.921. The van der Waals surface area contributed by atoms with Crippen LogP contribution in [0, 0.1) is 0 Å². The molecule has 0 radical (unpaired) electrons. The highest BCUT2D eigenvalue weighted by molar-refractivity contribution is 7.86. The predicted molar refractivity (Wildman–Crippen MR) is 34.0 cm³/mol. The van der Waals surface area contributed by atoms with Crippen LogP contribution in [0.5, 0.6) is 0 Å². The van der Waals surface area contributed by atoms with Crippen LogP contribution < -0.4 is 0 Å². The number of hydrogen-bond acceptors (Lipinski definition) is 4. The SMILES string of the molecule is CC(CN=C=O)S(=O)(=O)O. The molecule has 1 atom stereocenters. The summed E-state index contributed by atoms with van der Waals surface area (Å²) in [4.78, 5) is 12.5. The lowest BCUT2D eigenvalue weighted by molar-refractivity contribution is 0.471. The highest BCUT2D eigenvalue weighted by Gasteiger charge is 2.15. The minimum atomic E-state index is -4.05. The van der Waals surface area contributed by atoms with Gasteiger partial charge in [-0.1, -0.05) is 0 Å². The summed E-state index contributed by atoms with van der Waals surface area (Å²) in [5.74, 6) is 0. The number of carbonyl (C=O) groups excluding carboxylic acids is 1. The summed E-state index contributed by atoms with van der Waals surface area (Å²) in [6, 6.07) is 0. The quantitative estimate of drug-likeness (QED) is 0.350. The Balaban J connectivity index is 4.12. The average Bonchev–Trinajstić information content (AvgIpc) is 1.80. The Bertz CT molecular complexity index is 238. The molecule has 0 saturated carbocycles. The van der Waals surface area contributed by atoms with Gasteiger partial charge in [-0.15, -0.1) is 0 Å². The Morgan fingerprint density at radius 2 is 2.20 bits per heavy atom. The van der Waals surface area contributed by atoms with Crippen molar-refractivity contribution in [2.75, 3.05) is 6.54 Å². The smallest absolute Gasteiger partial charge is 0.269 e. The maximum Gasteiger partial charge on any atom is 0.269 e. The molecule has 0 spiro atoms. The Labute approximate surface area is 58.5 Å². The van der Waals surface area contributed by atoms with E-state index in [0.29, 0.717) is 0 Å². The van der Waals surface area contributed by atoms with Crippen molar-refractivity contribution in [3.8, 4) is 0 Å². The number of hydrogen-bond donors (Lipinski definition) is 1. The molecule has 6 heteroatoms. The van der Waals surface area contributed by atoms with Gasteiger partial charge in [-0.2, -0.15) is 8.42 Å². The minimum absolute atomic E-state index is 0.248. The summed E-state index contributed by atoms with van der Waals surface area (Å²) in [5, 5.41) is -1.03. The van der Waals surface area contributed by atoms with Crippen molar-refractivity contribution in [1.29, 1.82) is 0 Å². The van der Waals surface area contributed by atoms with Gasteiger partial charge in [0.15, 0.2) is 0 Å². The van der Waals surface area contributed by atoms with Crippen molar-refractivity contribution in [1.82, 2.24) is 0 Å². The van der Waals surface area contributed by atoms with Crippen LogP contribution in [0.2, 0.25) is 0 Å². The summed E-state index contributed by atoms with van der Waals surface area (Å²) >= 11 is 0. The van der Waals surface area contributed by atoms with Crippen molar-refractivity contribution in [2.45, 2.75) is 12.2 Å². The van der Waals surface area contributed by atoms with E-state index in [4.69, 9.17) is 4.55 Å². The van der Waals surface area contributed by atoms with Gasteiger partial charge in [0.25, 0.3) is 10.1 Å². The standard InChI is InChI=1S/C4H7NO4S/c1-4(2-5-3-6)10(7,8)9/h4H,2H2,1H3,(H,7,8,9). The van der Waals surface area contributed by atoms with Crippen LogP contribution in [-0.2, 0) is 14.9 Å². The Morgan fingerprint density at radius 1 is 1.70 bits per heavy atom. The number of aliphatic imine (C=N–C) groups is 1. The molecule has 1 unspecified atom stereocenters. The molecule has 0 bridgehead atoms.